The Labute approximate surface area is 161 Å². The predicted molar refractivity (Wildman–Crippen MR) is 95.6 cm³/mol. The van der Waals surface area contributed by atoms with Gasteiger partial charge in [0.15, 0.2) is 0 Å². The van der Waals surface area contributed by atoms with Crippen molar-refractivity contribution in [2.24, 2.45) is 11.7 Å². The molecule has 7 nitrogen and oxygen atoms in total. The van der Waals surface area contributed by atoms with Gasteiger partial charge >= 0.3 is 12.1 Å². The molecule has 1 aromatic heterocycles. The third-order valence-corrected chi connectivity index (χ3v) is 3.94. The van der Waals surface area contributed by atoms with Crippen molar-refractivity contribution >= 4 is 11.9 Å². The van der Waals surface area contributed by atoms with Crippen molar-refractivity contribution in [3.05, 3.63) is 23.4 Å². The summed E-state index contributed by atoms with van der Waals surface area (Å²) in [5, 5.41) is 7.12. The van der Waals surface area contributed by atoms with E-state index in [2.05, 4.69) is 4.98 Å². The topological polar surface area (TPSA) is 106 Å². The lowest BCUT2D eigenvalue weighted by molar-refractivity contribution is -0.192. The standard InChI is InChI=1S/C16H25N3O2.C2HF3O2/c1-11(2)16(20)19-6-4-5-14(10-19)21-15-8-13(9-17)7-12(3)18-15;3-2(4,5)1(6)7/h7-8,11,14H,4-6,9-10,17H2,1-3H3;(H,6,7)/t14-;/m0./s1. The molecule has 158 valence electrons. The molecule has 10 heteroatoms. The summed E-state index contributed by atoms with van der Waals surface area (Å²) in [5.41, 5.74) is 7.60. The van der Waals surface area contributed by atoms with Crippen molar-refractivity contribution in [2.75, 3.05) is 13.1 Å². The number of hydrogen-bond donors (Lipinski definition) is 2. The number of nitrogens with two attached hydrogens (primary N) is 1. The van der Waals surface area contributed by atoms with E-state index >= 15 is 0 Å². The molecule has 1 aliphatic rings. The molecule has 1 saturated heterocycles. The second kappa shape index (κ2) is 10.3. The number of alkyl halides is 3. The van der Waals surface area contributed by atoms with Gasteiger partial charge in [-0.15, -0.1) is 0 Å². The first-order valence-corrected chi connectivity index (χ1v) is 8.87. The fraction of sp³-hybridized carbons (Fsp3) is 0.611. The molecule has 1 amide bonds. The number of halogens is 3. The van der Waals surface area contributed by atoms with Crippen LogP contribution < -0.4 is 10.5 Å². The first kappa shape index (κ1) is 23.7. The summed E-state index contributed by atoms with van der Waals surface area (Å²) in [4.78, 5) is 27.3. The fourth-order valence-corrected chi connectivity index (χ4v) is 2.66. The maximum atomic E-state index is 12.1. The van der Waals surface area contributed by atoms with Crippen LogP contribution in [0.2, 0.25) is 0 Å². The van der Waals surface area contributed by atoms with Gasteiger partial charge in [0.2, 0.25) is 11.8 Å². The van der Waals surface area contributed by atoms with Crippen LogP contribution in [0.4, 0.5) is 13.2 Å². The SMILES string of the molecule is Cc1cc(CN)cc(O[C@H]2CCCN(C(=O)C(C)C)C2)n1.O=C(O)C(F)(F)F. The van der Waals surface area contributed by atoms with E-state index in [1.165, 1.54) is 0 Å². The zero-order valence-corrected chi connectivity index (χ0v) is 16.1. The van der Waals surface area contributed by atoms with Crippen LogP contribution in [0.25, 0.3) is 0 Å². The number of rotatable bonds is 4. The van der Waals surface area contributed by atoms with Crippen LogP contribution in [0.15, 0.2) is 12.1 Å². The van der Waals surface area contributed by atoms with E-state index in [4.69, 9.17) is 20.4 Å². The first-order chi connectivity index (χ1) is 12.9. The minimum absolute atomic E-state index is 0.0152. The third-order valence-electron chi connectivity index (χ3n) is 3.94. The van der Waals surface area contributed by atoms with E-state index in [0.29, 0.717) is 19.0 Å². The summed E-state index contributed by atoms with van der Waals surface area (Å²) in [5.74, 6) is -1.92. The maximum absolute atomic E-state index is 12.1. The Kier molecular flexibility index (Phi) is 8.67. The number of likely N-dealkylation sites (tertiary alicyclic amines) is 1. The lowest BCUT2D eigenvalue weighted by Crippen LogP contribution is -2.45. The van der Waals surface area contributed by atoms with Crippen LogP contribution in [0.1, 0.15) is 37.9 Å². The second-order valence-electron chi connectivity index (χ2n) is 6.78. The molecule has 2 rings (SSSR count). The van der Waals surface area contributed by atoms with E-state index < -0.39 is 12.1 Å². The van der Waals surface area contributed by atoms with Crippen molar-refractivity contribution < 1.29 is 32.6 Å². The van der Waals surface area contributed by atoms with Gasteiger partial charge < -0.3 is 20.5 Å². The molecule has 1 atom stereocenters. The highest BCUT2D eigenvalue weighted by Gasteiger charge is 2.38. The fourth-order valence-electron chi connectivity index (χ4n) is 2.66. The Balaban J connectivity index is 0.000000480. The molecule has 1 aliphatic heterocycles. The number of piperidine rings is 1. The van der Waals surface area contributed by atoms with Crippen molar-refractivity contribution in [2.45, 2.75) is 52.4 Å². The number of amides is 1. The van der Waals surface area contributed by atoms with Crippen LogP contribution in [-0.4, -0.2) is 52.2 Å². The van der Waals surface area contributed by atoms with E-state index in [1.807, 2.05) is 37.8 Å². The Morgan fingerprint density at radius 2 is 2.00 bits per heavy atom. The lowest BCUT2D eigenvalue weighted by Gasteiger charge is -2.33. The maximum Gasteiger partial charge on any atom is 0.490 e. The van der Waals surface area contributed by atoms with E-state index in [9.17, 15) is 18.0 Å². The molecule has 0 unspecified atom stereocenters. The normalized spacial score (nSPS) is 17.0. The van der Waals surface area contributed by atoms with Gasteiger partial charge in [0, 0.05) is 30.8 Å². The average Bonchev–Trinajstić information content (AvgIpc) is 2.60. The molecule has 3 N–H and O–H groups in total. The molecule has 0 aliphatic carbocycles. The third kappa shape index (κ3) is 7.71. The van der Waals surface area contributed by atoms with Gasteiger partial charge in [-0.1, -0.05) is 13.8 Å². The molecule has 0 aromatic carbocycles. The molecular formula is C18H26F3N3O4. The van der Waals surface area contributed by atoms with Crippen LogP contribution in [-0.2, 0) is 16.1 Å². The monoisotopic (exact) mass is 405 g/mol. The number of hydrogen-bond acceptors (Lipinski definition) is 5. The molecule has 0 radical (unpaired) electrons. The van der Waals surface area contributed by atoms with Gasteiger partial charge in [-0.3, -0.25) is 4.79 Å². The van der Waals surface area contributed by atoms with Gasteiger partial charge in [0.25, 0.3) is 0 Å². The van der Waals surface area contributed by atoms with Crippen molar-refractivity contribution in [1.29, 1.82) is 0 Å². The molecular weight excluding hydrogens is 379 g/mol. The number of aryl methyl sites for hydroxylation is 1. The highest BCUT2D eigenvalue weighted by Crippen LogP contribution is 2.20. The quantitative estimate of drug-likeness (QED) is 0.797. The Morgan fingerprint density at radius 3 is 2.50 bits per heavy atom. The number of aromatic nitrogens is 1. The summed E-state index contributed by atoms with van der Waals surface area (Å²) < 4.78 is 37.7. The largest absolute Gasteiger partial charge is 0.490 e. The highest BCUT2D eigenvalue weighted by molar-refractivity contribution is 5.78. The minimum atomic E-state index is -5.08. The molecule has 0 bridgehead atoms. The lowest BCUT2D eigenvalue weighted by atomic mass is 10.1. The van der Waals surface area contributed by atoms with Crippen LogP contribution >= 0.6 is 0 Å². The zero-order valence-electron chi connectivity index (χ0n) is 16.1. The molecule has 1 aromatic rings. The summed E-state index contributed by atoms with van der Waals surface area (Å²) in [6, 6.07) is 3.85. The molecule has 28 heavy (non-hydrogen) atoms. The molecule has 0 spiro atoms. The van der Waals surface area contributed by atoms with Gasteiger partial charge in [-0.05, 0) is 31.4 Å². The number of pyridine rings is 1. The van der Waals surface area contributed by atoms with Gasteiger partial charge in [-0.2, -0.15) is 13.2 Å². The summed E-state index contributed by atoms with van der Waals surface area (Å²) in [7, 11) is 0. The number of ether oxygens (including phenoxy) is 1. The second-order valence-corrected chi connectivity index (χ2v) is 6.78. The number of carbonyl (C=O) groups is 2. The summed E-state index contributed by atoms with van der Waals surface area (Å²) in [6.45, 7) is 7.74. The smallest absolute Gasteiger partial charge is 0.475 e. The predicted octanol–water partition coefficient (Wildman–Crippen LogP) is 2.51. The number of nitrogens with zero attached hydrogens (tertiary/aromatic N) is 2. The van der Waals surface area contributed by atoms with Gasteiger partial charge in [0.05, 0.1) is 6.54 Å². The van der Waals surface area contributed by atoms with Crippen molar-refractivity contribution in [1.82, 2.24) is 9.88 Å². The number of carbonyl (C=O) groups excluding carboxylic acids is 1. The van der Waals surface area contributed by atoms with Gasteiger partial charge in [-0.25, -0.2) is 9.78 Å². The molecule has 0 saturated carbocycles. The van der Waals surface area contributed by atoms with Gasteiger partial charge in [0.1, 0.15) is 6.10 Å². The Hall–Kier alpha value is -2.36. The van der Waals surface area contributed by atoms with Crippen LogP contribution in [0.3, 0.4) is 0 Å². The van der Waals surface area contributed by atoms with Crippen molar-refractivity contribution in [3.8, 4) is 5.88 Å². The Bertz CT molecular complexity index is 681. The minimum Gasteiger partial charge on any atom is -0.475 e. The van der Waals surface area contributed by atoms with Crippen molar-refractivity contribution in [3.63, 3.8) is 0 Å². The number of carboxylic acid groups (broad SMARTS) is 1. The number of aliphatic carboxylic acids is 1. The first-order valence-electron chi connectivity index (χ1n) is 8.87. The summed E-state index contributed by atoms with van der Waals surface area (Å²) >= 11 is 0. The molecule has 1 fully saturated rings. The van der Waals surface area contributed by atoms with E-state index in [-0.39, 0.29) is 17.9 Å². The average molecular weight is 405 g/mol. The van der Waals surface area contributed by atoms with E-state index in [0.717, 1.165) is 30.6 Å². The van der Waals surface area contributed by atoms with E-state index in [1.54, 1.807) is 0 Å². The Morgan fingerprint density at radius 1 is 1.39 bits per heavy atom. The van der Waals surface area contributed by atoms with Crippen LogP contribution in [0.5, 0.6) is 5.88 Å². The highest BCUT2D eigenvalue weighted by atomic mass is 19.4. The molecule has 2 heterocycles. The summed E-state index contributed by atoms with van der Waals surface area (Å²) in [6.07, 6.45) is -3.14. The zero-order chi connectivity index (χ0) is 21.5. The number of carboxylic acids is 1. The van der Waals surface area contributed by atoms with Crippen LogP contribution in [0, 0.1) is 12.8 Å².